The second-order valence-corrected chi connectivity index (χ2v) is 6.01. The first kappa shape index (κ1) is 15.2. The fourth-order valence-corrected chi connectivity index (χ4v) is 2.17. The van der Waals surface area contributed by atoms with Gasteiger partial charge in [-0.25, -0.2) is 4.57 Å². The molecule has 0 N–H and O–H groups in total. The van der Waals surface area contributed by atoms with E-state index in [2.05, 4.69) is 57.6 Å². The third-order valence-corrected chi connectivity index (χ3v) is 3.57. The van der Waals surface area contributed by atoms with Crippen LogP contribution in [0, 0.1) is 0 Å². The first-order valence-corrected chi connectivity index (χ1v) is 7.58. The molecule has 0 radical (unpaired) electrons. The van der Waals surface area contributed by atoms with Gasteiger partial charge < -0.3 is 0 Å². The van der Waals surface area contributed by atoms with Gasteiger partial charge in [0.1, 0.15) is 6.54 Å². The number of nitrogens with zero attached hydrogens (tertiary/aromatic N) is 1. The summed E-state index contributed by atoms with van der Waals surface area (Å²) in [6.07, 6.45) is 10.0. The highest BCUT2D eigenvalue weighted by Crippen LogP contribution is 2.18. The van der Waals surface area contributed by atoms with Crippen LogP contribution in [0.4, 0.5) is 0 Å². The molecule has 0 saturated heterocycles. The molecule has 0 unspecified atom stereocenters. The van der Waals surface area contributed by atoms with Gasteiger partial charge in [-0.1, -0.05) is 47.5 Å². The zero-order valence-corrected chi connectivity index (χ0v) is 12.9. The molecule has 0 fully saturated rings. The normalized spacial score (nSPS) is 11.5. The Morgan fingerprint density at radius 1 is 0.889 bits per heavy atom. The molecule has 0 aliphatic rings. The van der Waals surface area contributed by atoms with E-state index in [-0.39, 0.29) is 0 Å². The molecule has 1 rings (SSSR count). The van der Waals surface area contributed by atoms with Crippen molar-refractivity contribution in [1.29, 1.82) is 0 Å². The second-order valence-electron chi connectivity index (χ2n) is 6.01. The fraction of sp³-hybridized carbons (Fsp3) is 0.706. The lowest BCUT2D eigenvalue weighted by Crippen LogP contribution is -2.34. The Morgan fingerprint density at radius 3 is 1.89 bits per heavy atom. The summed E-state index contributed by atoms with van der Waals surface area (Å²) >= 11 is 0. The number of pyridine rings is 1. The summed E-state index contributed by atoms with van der Waals surface area (Å²) in [6.45, 7) is 12.5. The van der Waals surface area contributed by atoms with Crippen LogP contribution in [0.15, 0.2) is 18.5 Å². The smallest absolute Gasteiger partial charge is 0.172 e. The topological polar surface area (TPSA) is 3.88 Å². The van der Waals surface area contributed by atoms with Crippen LogP contribution in [-0.2, 0) is 6.54 Å². The van der Waals surface area contributed by atoms with Gasteiger partial charge in [-0.05, 0) is 24.3 Å². The summed E-state index contributed by atoms with van der Waals surface area (Å²) in [5.41, 5.74) is 2.94. The molecule has 0 spiro atoms. The van der Waals surface area contributed by atoms with Crippen LogP contribution in [0.2, 0.25) is 0 Å². The molecule has 0 aliphatic carbocycles. The lowest BCUT2D eigenvalue weighted by atomic mass is 9.98. The van der Waals surface area contributed by atoms with E-state index in [1.54, 1.807) is 0 Å². The van der Waals surface area contributed by atoms with Crippen LogP contribution in [0.5, 0.6) is 0 Å². The summed E-state index contributed by atoms with van der Waals surface area (Å²) in [6, 6.07) is 2.37. The van der Waals surface area contributed by atoms with Gasteiger partial charge in [0.05, 0.1) is 0 Å². The molecule has 1 aromatic rings. The van der Waals surface area contributed by atoms with E-state index in [1.165, 1.54) is 43.4 Å². The van der Waals surface area contributed by atoms with E-state index in [0.717, 1.165) is 0 Å². The van der Waals surface area contributed by atoms with E-state index in [0.29, 0.717) is 11.8 Å². The van der Waals surface area contributed by atoms with E-state index in [4.69, 9.17) is 0 Å². The lowest BCUT2D eigenvalue weighted by Gasteiger charge is -2.10. The fourth-order valence-electron chi connectivity index (χ4n) is 2.17. The number of rotatable bonds is 7. The average Bonchev–Trinajstić information content (AvgIpc) is 2.34. The Labute approximate surface area is 113 Å². The highest BCUT2D eigenvalue weighted by atomic mass is 14.9. The van der Waals surface area contributed by atoms with Crippen LogP contribution in [-0.4, -0.2) is 0 Å². The molecule has 0 bridgehead atoms. The van der Waals surface area contributed by atoms with E-state index in [1.807, 2.05) is 0 Å². The number of hydrogen-bond acceptors (Lipinski definition) is 0. The molecule has 0 amide bonds. The van der Waals surface area contributed by atoms with Crippen molar-refractivity contribution < 1.29 is 4.57 Å². The van der Waals surface area contributed by atoms with Gasteiger partial charge in [0.15, 0.2) is 12.4 Å². The summed E-state index contributed by atoms with van der Waals surface area (Å²) in [5, 5.41) is 0. The highest BCUT2D eigenvalue weighted by molar-refractivity contribution is 5.20. The minimum atomic E-state index is 0.616. The molecule has 0 aromatic carbocycles. The lowest BCUT2D eigenvalue weighted by molar-refractivity contribution is -0.698. The van der Waals surface area contributed by atoms with Crippen LogP contribution in [0.3, 0.4) is 0 Å². The molecule has 18 heavy (non-hydrogen) atoms. The number of hydrogen-bond donors (Lipinski definition) is 0. The van der Waals surface area contributed by atoms with Crippen LogP contribution in [0.1, 0.15) is 83.3 Å². The maximum Gasteiger partial charge on any atom is 0.172 e. The standard InChI is InChI=1S/C17H30N/c1-6-7-8-9-10-18-12-16(14(2)3)11-17(13-18)15(4)5/h11-15H,6-10H2,1-5H3/q+1. The van der Waals surface area contributed by atoms with Crippen molar-refractivity contribution in [3.05, 3.63) is 29.6 Å². The Bertz CT molecular complexity index is 326. The van der Waals surface area contributed by atoms with Crippen LogP contribution in [0.25, 0.3) is 0 Å². The summed E-state index contributed by atoms with van der Waals surface area (Å²) in [5.74, 6) is 1.23. The van der Waals surface area contributed by atoms with Crippen molar-refractivity contribution in [1.82, 2.24) is 0 Å². The number of unbranched alkanes of at least 4 members (excludes halogenated alkanes) is 3. The van der Waals surface area contributed by atoms with Gasteiger partial charge in [-0.3, -0.25) is 0 Å². The quantitative estimate of drug-likeness (QED) is 0.482. The third-order valence-electron chi connectivity index (χ3n) is 3.57. The number of aromatic nitrogens is 1. The summed E-state index contributed by atoms with van der Waals surface area (Å²) in [4.78, 5) is 0. The zero-order valence-electron chi connectivity index (χ0n) is 12.9. The van der Waals surface area contributed by atoms with Crippen molar-refractivity contribution in [2.75, 3.05) is 0 Å². The highest BCUT2D eigenvalue weighted by Gasteiger charge is 2.12. The molecule has 1 heteroatoms. The second kappa shape index (κ2) is 7.56. The molecule has 102 valence electrons. The molecular formula is C17H30N+. The molecule has 1 nitrogen and oxygen atoms in total. The SMILES string of the molecule is CCCCCC[n+]1cc(C(C)C)cc(C(C)C)c1. The Kier molecular flexibility index (Phi) is 6.38. The van der Waals surface area contributed by atoms with Crippen molar-refractivity contribution in [2.45, 2.75) is 78.7 Å². The van der Waals surface area contributed by atoms with Crippen LogP contribution < -0.4 is 4.57 Å². The Hall–Kier alpha value is -0.850. The summed E-state index contributed by atoms with van der Waals surface area (Å²) in [7, 11) is 0. The third kappa shape index (κ3) is 4.80. The molecular weight excluding hydrogens is 218 g/mol. The minimum Gasteiger partial charge on any atom is -0.205 e. The van der Waals surface area contributed by atoms with Crippen molar-refractivity contribution in [3.63, 3.8) is 0 Å². The van der Waals surface area contributed by atoms with Gasteiger partial charge >= 0.3 is 0 Å². The predicted octanol–water partition coefficient (Wildman–Crippen LogP) is 4.80. The van der Waals surface area contributed by atoms with Gasteiger partial charge in [0.25, 0.3) is 0 Å². The maximum atomic E-state index is 2.40. The Balaban J connectivity index is 2.76. The molecule has 0 saturated carbocycles. The number of aryl methyl sites for hydroxylation is 1. The first-order valence-electron chi connectivity index (χ1n) is 7.58. The maximum absolute atomic E-state index is 2.40. The molecule has 0 atom stereocenters. The average molecular weight is 248 g/mol. The van der Waals surface area contributed by atoms with Crippen molar-refractivity contribution >= 4 is 0 Å². The van der Waals surface area contributed by atoms with E-state index < -0.39 is 0 Å². The first-order chi connectivity index (χ1) is 8.54. The van der Waals surface area contributed by atoms with E-state index in [9.17, 15) is 0 Å². The van der Waals surface area contributed by atoms with Crippen LogP contribution >= 0.6 is 0 Å². The predicted molar refractivity (Wildman–Crippen MR) is 79.0 cm³/mol. The Morgan fingerprint density at radius 2 is 1.44 bits per heavy atom. The van der Waals surface area contributed by atoms with Crippen molar-refractivity contribution in [2.24, 2.45) is 0 Å². The van der Waals surface area contributed by atoms with Gasteiger partial charge in [-0.15, -0.1) is 0 Å². The zero-order chi connectivity index (χ0) is 13.5. The van der Waals surface area contributed by atoms with Gasteiger partial charge in [0.2, 0.25) is 0 Å². The monoisotopic (exact) mass is 248 g/mol. The van der Waals surface area contributed by atoms with Gasteiger partial charge in [0, 0.05) is 17.5 Å². The molecule has 0 aliphatic heterocycles. The largest absolute Gasteiger partial charge is 0.205 e. The summed E-state index contributed by atoms with van der Waals surface area (Å²) < 4.78 is 2.40. The van der Waals surface area contributed by atoms with Gasteiger partial charge in [-0.2, -0.15) is 0 Å². The van der Waals surface area contributed by atoms with E-state index >= 15 is 0 Å². The van der Waals surface area contributed by atoms with Crippen molar-refractivity contribution in [3.8, 4) is 0 Å². The minimum absolute atomic E-state index is 0.616. The molecule has 1 heterocycles. The molecule has 1 aromatic heterocycles.